The van der Waals surface area contributed by atoms with Crippen molar-refractivity contribution < 1.29 is 19.4 Å². The number of ketones is 1. The third-order valence-corrected chi connectivity index (χ3v) is 5.07. The lowest BCUT2D eigenvalue weighted by Gasteiger charge is -2.08. The van der Waals surface area contributed by atoms with Crippen molar-refractivity contribution >= 4 is 23.1 Å². The van der Waals surface area contributed by atoms with E-state index in [1.165, 1.54) is 29.1 Å². The van der Waals surface area contributed by atoms with Gasteiger partial charge < -0.3 is 14.4 Å². The molecule has 0 bridgehead atoms. The van der Waals surface area contributed by atoms with Gasteiger partial charge in [0.15, 0.2) is 6.61 Å². The molecule has 3 aromatic rings. The van der Waals surface area contributed by atoms with Crippen molar-refractivity contribution in [3.8, 4) is 5.75 Å². The maximum Gasteiger partial charge on any atom is 0.338 e. The number of aromatic nitrogens is 1. The lowest BCUT2D eigenvalue weighted by atomic mass is 10.1. The number of aromatic hydroxyl groups is 1. The van der Waals surface area contributed by atoms with Gasteiger partial charge in [-0.2, -0.15) is 0 Å². The highest BCUT2D eigenvalue weighted by atomic mass is 32.1. The van der Waals surface area contributed by atoms with Gasteiger partial charge in [-0.15, -0.1) is 11.3 Å². The zero-order valence-electron chi connectivity index (χ0n) is 14.6. The maximum absolute atomic E-state index is 12.5. The largest absolute Gasteiger partial charge is 0.508 e. The minimum Gasteiger partial charge on any atom is -0.508 e. The van der Waals surface area contributed by atoms with Crippen LogP contribution < -0.4 is 0 Å². The molecule has 0 radical (unpaired) electrons. The van der Waals surface area contributed by atoms with Crippen LogP contribution in [0.2, 0.25) is 0 Å². The van der Waals surface area contributed by atoms with Gasteiger partial charge in [0.2, 0.25) is 5.78 Å². The molecule has 6 heteroatoms. The van der Waals surface area contributed by atoms with E-state index in [0.717, 1.165) is 17.9 Å². The van der Waals surface area contributed by atoms with Crippen LogP contribution in [0.4, 0.5) is 0 Å². The summed E-state index contributed by atoms with van der Waals surface area (Å²) in [4.78, 5) is 25.7. The summed E-state index contributed by atoms with van der Waals surface area (Å²) in [5.74, 6) is -0.760. The molecule has 0 fully saturated rings. The second-order valence-corrected chi connectivity index (χ2v) is 7.03. The molecule has 0 unspecified atom stereocenters. The summed E-state index contributed by atoms with van der Waals surface area (Å²) in [6.45, 7) is 4.26. The van der Waals surface area contributed by atoms with Crippen molar-refractivity contribution in [1.82, 2.24) is 4.57 Å². The van der Waals surface area contributed by atoms with Crippen LogP contribution in [0, 0.1) is 13.8 Å². The summed E-state index contributed by atoms with van der Waals surface area (Å²) in [6.07, 6.45) is 0. The number of hydrogen-bond donors (Lipinski definition) is 1. The number of esters is 1. The first-order valence-corrected chi connectivity index (χ1v) is 9.02. The second-order valence-electron chi connectivity index (χ2n) is 6.00. The Bertz CT molecular complexity index is 924. The highest BCUT2D eigenvalue weighted by Crippen LogP contribution is 2.20. The fourth-order valence-corrected chi connectivity index (χ4v) is 3.47. The average molecular weight is 369 g/mol. The first-order valence-electron chi connectivity index (χ1n) is 8.14. The summed E-state index contributed by atoms with van der Waals surface area (Å²) in [6, 6.07) is 11.6. The van der Waals surface area contributed by atoms with E-state index in [1.807, 2.05) is 31.4 Å². The topological polar surface area (TPSA) is 68.5 Å². The minimum absolute atomic E-state index is 0.0656. The molecular formula is C20H19NO4S. The van der Waals surface area contributed by atoms with Crippen molar-refractivity contribution in [1.29, 1.82) is 0 Å². The number of ether oxygens (including phenoxy) is 1. The number of Topliss-reactive ketones (excluding diaryl/α,β-unsaturated/α-hetero) is 1. The second kappa shape index (κ2) is 7.58. The number of carbonyl (C=O) groups excluding carboxylic acids is 2. The lowest BCUT2D eigenvalue weighted by Crippen LogP contribution is -2.15. The van der Waals surface area contributed by atoms with Crippen LogP contribution >= 0.6 is 11.3 Å². The molecule has 0 aliphatic carbocycles. The third-order valence-electron chi connectivity index (χ3n) is 4.21. The van der Waals surface area contributed by atoms with E-state index >= 15 is 0 Å². The predicted octanol–water partition coefficient (Wildman–Crippen LogP) is 3.96. The molecule has 0 atom stereocenters. The molecule has 0 aliphatic heterocycles. The van der Waals surface area contributed by atoms with Gasteiger partial charge in [-0.25, -0.2) is 4.79 Å². The Labute approximate surface area is 155 Å². The standard InChI is InChI=1S/C20H19NO4S/c1-13-10-18(14(2)21(13)11-17-4-3-9-26-17)19(23)12-25-20(24)15-5-7-16(22)8-6-15/h3-10,22H,11-12H2,1-2H3. The quantitative estimate of drug-likeness (QED) is 0.527. The Morgan fingerprint density at radius 3 is 2.54 bits per heavy atom. The summed E-state index contributed by atoms with van der Waals surface area (Å²) in [5, 5.41) is 11.3. The zero-order chi connectivity index (χ0) is 18.7. The van der Waals surface area contributed by atoms with E-state index in [-0.39, 0.29) is 18.1 Å². The summed E-state index contributed by atoms with van der Waals surface area (Å²) >= 11 is 1.67. The zero-order valence-corrected chi connectivity index (χ0v) is 15.4. The molecular weight excluding hydrogens is 350 g/mol. The number of phenols is 1. The van der Waals surface area contributed by atoms with Crippen molar-refractivity contribution in [2.45, 2.75) is 20.4 Å². The van der Waals surface area contributed by atoms with Gasteiger partial charge in [0, 0.05) is 21.8 Å². The summed E-state index contributed by atoms with van der Waals surface area (Å²) in [7, 11) is 0. The lowest BCUT2D eigenvalue weighted by molar-refractivity contribution is 0.0474. The molecule has 2 aromatic heterocycles. The number of phenolic OH excluding ortho intramolecular Hbond substituents is 1. The van der Waals surface area contributed by atoms with Crippen LogP contribution in [0.15, 0.2) is 47.8 Å². The SMILES string of the molecule is Cc1cc(C(=O)COC(=O)c2ccc(O)cc2)c(C)n1Cc1cccs1. The Morgan fingerprint density at radius 2 is 1.88 bits per heavy atom. The number of nitrogens with zero attached hydrogens (tertiary/aromatic N) is 1. The molecule has 3 rings (SSSR count). The molecule has 2 heterocycles. The third kappa shape index (κ3) is 3.86. The van der Waals surface area contributed by atoms with E-state index in [1.54, 1.807) is 11.3 Å². The predicted molar refractivity (Wildman–Crippen MR) is 100 cm³/mol. The summed E-state index contributed by atoms with van der Waals surface area (Å²) in [5.41, 5.74) is 2.71. The molecule has 0 aliphatic rings. The van der Waals surface area contributed by atoms with Crippen LogP contribution in [0.25, 0.3) is 0 Å². The molecule has 0 spiro atoms. The smallest absolute Gasteiger partial charge is 0.338 e. The fraction of sp³-hybridized carbons (Fsp3) is 0.200. The maximum atomic E-state index is 12.5. The monoisotopic (exact) mass is 369 g/mol. The van der Waals surface area contributed by atoms with Crippen LogP contribution in [-0.4, -0.2) is 28.0 Å². The van der Waals surface area contributed by atoms with Crippen molar-refractivity contribution in [3.63, 3.8) is 0 Å². The van der Waals surface area contributed by atoms with Gasteiger partial charge in [-0.1, -0.05) is 6.07 Å². The van der Waals surface area contributed by atoms with Crippen molar-refractivity contribution in [3.05, 3.63) is 75.2 Å². The van der Waals surface area contributed by atoms with Crippen molar-refractivity contribution in [2.24, 2.45) is 0 Å². The Morgan fingerprint density at radius 1 is 1.15 bits per heavy atom. The van der Waals surface area contributed by atoms with E-state index in [4.69, 9.17) is 4.74 Å². The number of carbonyl (C=O) groups is 2. The van der Waals surface area contributed by atoms with E-state index in [0.29, 0.717) is 11.1 Å². The normalized spacial score (nSPS) is 10.7. The summed E-state index contributed by atoms with van der Waals surface area (Å²) < 4.78 is 7.20. The Hall–Kier alpha value is -2.86. The van der Waals surface area contributed by atoms with E-state index in [2.05, 4.69) is 10.6 Å². The van der Waals surface area contributed by atoms with Gasteiger partial charge in [0.05, 0.1) is 12.1 Å². The van der Waals surface area contributed by atoms with Gasteiger partial charge in [0.25, 0.3) is 0 Å². The highest BCUT2D eigenvalue weighted by molar-refractivity contribution is 7.09. The first kappa shape index (κ1) is 17.9. The van der Waals surface area contributed by atoms with Crippen LogP contribution in [0.3, 0.4) is 0 Å². The number of hydrogen-bond acceptors (Lipinski definition) is 5. The van der Waals surface area contributed by atoms with E-state index < -0.39 is 5.97 Å². The van der Waals surface area contributed by atoms with Crippen LogP contribution in [-0.2, 0) is 11.3 Å². The fourth-order valence-electron chi connectivity index (χ4n) is 2.77. The first-order chi connectivity index (χ1) is 12.5. The Kier molecular flexibility index (Phi) is 5.23. The molecule has 1 N–H and O–H groups in total. The van der Waals surface area contributed by atoms with Crippen LogP contribution in [0.5, 0.6) is 5.75 Å². The molecule has 134 valence electrons. The minimum atomic E-state index is -0.592. The molecule has 0 saturated heterocycles. The van der Waals surface area contributed by atoms with Gasteiger partial charge in [0.1, 0.15) is 5.75 Å². The Balaban J connectivity index is 1.68. The average Bonchev–Trinajstić information content (AvgIpc) is 3.24. The van der Waals surface area contributed by atoms with E-state index in [9.17, 15) is 14.7 Å². The number of benzene rings is 1. The molecule has 1 aromatic carbocycles. The van der Waals surface area contributed by atoms with Crippen molar-refractivity contribution in [2.75, 3.05) is 6.61 Å². The highest BCUT2D eigenvalue weighted by Gasteiger charge is 2.18. The molecule has 0 saturated carbocycles. The number of rotatable bonds is 6. The van der Waals surface area contributed by atoms with Gasteiger partial charge in [-0.05, 0) is 55.6 Å². The molecule has 5 nitrogen and oxygen atoms in total. The van der Waals surface area contributed by atoms with Gasteiger partial charge >= 0.3 is 5.97 Å². The molecule has 0 amide bonds. The molecule has 26 heavy (non-hydrogen) atoms. The van der Waals surface area contributed by atoms with Gasteiger partial charge in [-0.3, -0.25) is 4.79 Å². The number of aryl methyl sites for hydroxylation is 1. The number of thiophene rings is 1. The van der Waals surface area contributed by atoms with Crippen LogP contribution in [0.1, 0.15) is 37.0 Å².